The molecule has 0 radical (unpaired) electrons. The van der Waals surface area contributed by atoms with Crippen molar-refractivity contribution in [1.82, 2.24) is 10.2 Å². The molecule has 1 fully saturated rings. The topological polar surface area (TPSA) is 87.7 Å². The highest BCUT2D eigenvalue weighted by Gasteiger charge is 2.49. The molecule has 2 aromatic rings. The van der Waals surface area contributed by atoms with Crippen molar-refractivity contribution in [2.24, 2.45) is 0 Å². The second-order valence-electron chi connectivity index (χ2n) is 7.50. The van der Waals surface area contributed by atoms with Gasteiger partial charge in [-0.15, -0.1) is 0 Å². The molecule has 29 heavy (non-hydrogen) atoms. The minimum atomic E-state index is -1.24. The third kappa shape index (κ3) is 3.81. The standard InChI is InChI=1S/C22H25N3O4/c1-13-6-7-14(2)17(10-13)23-19(26)12-25-20(27)22(4,24-21(25)28)16-8-9-18(29-5)15(3)11-16/h6-11H,12H2,1-5H3,(H,23,26)(H,24,28). The Morgan fingerprint density at radius 3 is 2.48 bits per heavy atom. The van der Waals surface area contributed by atoms with E-state index >= 15 is 0 Å². The Labute approximate surface area is 170 Å². The maximum absolute atomic E-state index is 13.0. The molecule has 1 aliphatic rings. The van der Waals surface area contributed by atoms with Gasteiger partial charge in [0.2, 0.25) is 5.91 Å². The van der Waals surface area contributed by atoms with Crippen molar-refractivity contribution in [2.45, 2.75) is 33.2 Å². The van der Waals surface area contributed by atoms with Gasteiger partial charge in [0.25, 0.3) is 5.91 Å². The molecule has 2 aromatic carbocycles. The van der Waals surface area contributed by atoms with Gasteiger partial charge in [0, 0.05) is 5.69 Å². The lowest BCUT2D eigenvalue weighted by Gasteiger charge is -2.23. The van der Waals surface area contributed by atoms with E-state index in [4.69, 9.17) is 4.74 Å². The highest BCUT2D eigenvalue weighted by Crippen LogP contribution is 2.31. The van der Waals surface area contributed by atoms with Crippen molar-refractivity contribution in [1.29, 1.82) is 0 Å². The van der Waals surface area contributed by atoms with E-state index in [1.165, 1.54) is 0 Å². The molecule has 7 heteroatoms. The average molecular weight is 395 g/mol. The molecule has 1 heterocycles. The Morgan fingerprint density at radius 1 is 1.10 bits per heavy atom. The number of imide groups is 1. The molecule has 1 unspecified atom stereocenters. The fourth-order valence-corrected chi connectivity index (χ4v) is 3.43. The maximum atomic E-state index is 13.0. The molecule has 0 aliphatic carbocycles. The minimum absolute atomic E-state index is 0.358. The van der Waals surface area contributed by atoms with Crippen molar-refractivity contribution in [2.75, 3.05) is 19.0 Å². The summed E-state index contributed by atoms with van der Waals surface area (Å²) in [5.74, 6) is -0.209. The van der Waals surface area contributed by atoms with Gasteiger partial charge in [0.15, 0.2) is 0 Å². The largest absolute Gasteiger partial charge is 0.496 e. The van der Waals surface area contributed by atoms with Gasteiger partial charge in [-0.05, 0) is 68.1 Å². The van der Waals surface area contributed by atoms with E-state index in [2.05, 4.69) is 10.6 Å². The molecule has 152 valence electrons. The smallest absolute Gasteiger partial charge is 0.325 e. The monoisotopic (exact) mass is 395 g/mol. The Morgan fingerprint density at radius 2 is 1.83 bits per heavy atom. The van der Waals surface area contributed by atoms with Crippen molar-refractivity contribution in [3.63, 3.8) is 0 Å². The summed E-state index contributed by atoms with van der Waals surface area (Å²) in [5.41, 5.74) is 2.80. The summed E-state index contributed by atoms with van der Waals surface area (Å²) in [7, 11) is 1.57. The zero-order valence-electron chi connectivity index (χ0n) is 17.3. The maximum Gasteiger partial charge on any atom is 0.325 e. The number of urea groups is 1. The number of benzene rings is 2. The zero-order chi connectivity index (χ0) is 21.3. The van der Waals surface area contributed by atoms with Crippen LogP contribution in [0.25, 0.3) is 0 Å². The average Bonchev–Trinajstić information content (AvgIpc) is 2.88. The summed E-state index contributed by atoms with van der Waals surface area (Å²) in [4.78, 5) is 39.0. The molecule has 0 aromatic heterocycles. The van der Waals surface area contributed by atoms with Crippen LogP contribution in [0, 0.1) is 20.8 Å². The number of hydrogen-bond acceptors (Lipinski definition) is 4. The molecule has 7 nitrogen and oxygen atoms in total. The van der Waals surface area contributed by atoms with E-state index in [-0.39, 0.29) is 6.54 Å². The SMILES string of the molecule is COc1ccc(C2(C)NC(=O)N(CC(=O)Nc3cc(C)ccc3C)C2=O)cc1C. The lowest BCUT2D eigenvalue weighted by molar-refractivity contribution is -0.133. The number of carbonyl (C=O) groups excluding carboxylic acids is 3. The predicted molar refractivity (Wildman–Crippen MR) is 110 cm³/mol. The van der Waals surface area contributed by atoms with E-state index in [9.17, 15) is 14.4 Å². The first-order valence-corrected chi connectivity index (χ1v) is 9.32. The van der Waals surface area contributed by atoms with Crippen molar-refractivity contribution in [3.8, 4) is 5.75 Å². The molecule has 1 saturated heterocycles. The molecule has 2 N–H and O–H groups in total. The van der Waals surface area contributed by atoms with Gasteiger partial charge in [0.1, 0.15) is 17.8 Å². The molecular formula is C22H25N3O4. The van der Waals surface area contributed by atoms with Crippen LogP contribution >= 0.6 is 0 Å². The number of anilines is 1. The number of hydrogen-bond donors (Lipinski definition) is 2. The summed E-state index contributed by atoms with van der Waals surface area (Å²) in [5, 5.41) is 5.50. The van der Waals surface area contributed by atoms with E-state index in [1.54, 1.807) is 32.2 Å². The minimum Gasteiger partial charge on any atom is -0.496 e. The number of carbonyl (C=O) groups is 3. The fourth-order valence-electron chi connectivity index (χ4n) is 3.43. The van der Waals surface area contributed by atoms with Crippen LogP contribution in [-0.2, 0) is 15.1 Å². The molecule has 3 rings (SSSR count). The lowest BCUT2D eigenvalue weighted by atomic mass is 9.90. The molecule has 0 bridgehead atoms. The van der Waals surface area contributed by atoms with E-state index in [0.29, 0.717) is 17.0 Å². The highest BCUT2D eigenvalue weighted by molar-refractivity contribution is 6.10. The van der Waals surface area contributed by atoms with E-state index in [0.717, 1.165) is 21.6 Å². The first-order valence-electron chi connectivity index (χ1n) is 9.32. The number of amides is 4. The number of nitrogens with one attached hydrogen (secondary N) is 2. The Hall–Kier alpha value is -3.35. The summed E-state index contributed by atoms with van der Waals surface area (Å²) >= 11 is 0. The Balaban J connectivity index is 1.79. The third-order valence-corrected chi connectivity index (χ3v) is 5.22. The second-order valence-corrected chi connectivity index (χ2v) is 7.50. The van der Waals surface area contributed by atoms with Crippen molar-refractivity contribution < 1.29 is 19.1 Å². The number of aryl methyl sites for hydroxylation is 3. The van der Waals surface area contributed by atoms with Gasteiger partial charge in [-0.3, -0.25) is 14.5 Å². The van der Waals surface area contributed by atoms with Gasteiger partial charge in [-0.25, -0.2) is 4.79 Å². The number of nitrogens with zero attached hydrogens (tertiary/aromatic N) is 1. The molecular weight excluding hydrogens is 370 g/mol. The van der Waals surface area contributed by atoms with Gasteiger partial charge in [-0.1, -0.05) is 18.2 Å². The van der Waals surface area contributed by atoms with Crippen LogP contribution in [-0.4, -0.2) is 36.4 Å². The van der Waals surface area contributed by atoms with Crippen LogP contribution in [0.4, 0.5) is 10.5 Å². The predicted octanol–water partition coefficient (Wildman–Crippen LogP) is 3.03. The quantitative estimate of drug-likeness (QED) is 0.762. The normalized spacial score (nSPS) is 18.6. The van der Waals surface area contributed by atoms with Crippen LogP contribution in [0.15, 0.2) is 36.4 Å². The molecule has 0 spiro atoms. The Bertz CT molecular complexity index is 1000. The van der Waals surface area contributed by atoms with Crippen LogP contribution in [0.5, 0.6) is 5.75 Å². The molecule has 4 amide bonds. The van der Waals surface area contributed by atoms with Crippen LogP contribution in [0.1, 0.15) is 29.2 Å². The zero-order valence-corrected chi connectivity index (χ0v) is 17.3. The first kappa shape index (κ1) is 20.4. The summed E-state index contributed by atoms with van der Waals surface area (Å²) < 4.78 is 5.26. The highest BCUT2D eigenvalue weighted by atomic mass is 16.5. The van der Waals surface area contributed by atoms with E-state index < -0.39 is 23.4 Å². The van der Waals surface area contributed by atoms with Gasteiger partial charge in [-0.2, -0.15) is 0 Å². The third-order valence-electron chi connectivity index (χ3n) is 5.22. The lowest BCUT2D eigenvalue weighted by Crippen LogP contribution is -2.42. The summed E-state index contributed by atoms with van der Waals surface area (Å²) in [6, 6.07) is 10.4. The van der Waals surface area contributed by atoms with Gasteiger partial charge >= 0.3 is 6.03 Å². The van der Waals surface area contributed by atoms with Crippen molar-refractivity contribution >= 4 is 23.5 Å². The number of rotatable bonds is 5. The molecule has 1 aliphatic heterocycles. The van der Waals surface area contributed by atoms with E-state index in [1.807, 2.05) is 39.0 Å². The van der Waals surface area contributed by atoms with Crippen molar-refractivity contribution in [3.05, 3.63) is 58.7 Å². The number of ether oxygens (including phenoxy) is 1. The molecule has 1 atom stereocenters. The Kier molecular flexibility index (Phi) is 5.33. The van der Waals surface area contributed by atoms with Crippen LogP contribution < -0.4 is 15.4 Å². The van der Waals surface area contributed by atoms with Gasteiger partial charge in [0.05, 0.1) is 7.11 Å². The van der Waals surface area contributed by atoms with Gasteiger partial charge < -0.3 is 15.4 Å². The molecule has 0 saturated carbocycles. The fraction of sp³-hybridized carbons (Fsp3) is 0.318. The summed E-state index contributed by atoms with van der Waals surface area (Å²) in [6.07, 6.45) is 0. The van der Waals surface area contributed by atoms with Crippen LogP contribution in [0.2, 0.25) is 0 Å². The second kappa shape index (κ2) is 7.58. The number of methoxy groups -OCH3 is 1. The summed E-state index contributed by atoms with van der Waals surface area (Å²) in [6.45, 7) is 6.95. The first-order chi connectivity index (χ1) is 13.7. The van der Waals surface area contributed by atoms with Crippen LogP contribution in [0.3, 0.4) is 0 Å².